The molecule has 2 aromatic rings. The minimum absolute atomic E-state index is 0.0264. The molecule has 1 unspecified atom stereocenters. The maximum atomic E-state index is 12.0. The van der Waals surface area contributed by atoms with Gasteiger partial charge in [0.15, 0.2) is 5.17 Å². The number of nitrogens with one attached hydrogen (secondary N) is 1. The van der Waals surface area contributed by atoms with Crippen LogP contribution < -0.4 is 5.32 Å². The molecular weight excluding hydrogens is 310 g/mol. The number of amides is 1. The van der Waals surface area contributed by atoms with Gasteiger partial charge < -0.3 is 9.73 Å². The van der Waals surface area contributed by atoms with Crippen molar-refractivity contribution in [2.24, 2.45) is 10.2 Å². The first kappa shape index (κ1) is 15.6. The number of benzene rings is 1. The van der Waals surface area contributed by atoms with E-state index in [9.17, 15) is 4.79 Å². The molecule has 118 valence electrons. The SMILES string of the molecule is CCc1ccc(CC2SC(=NN=Cc3ccco3)NC2=O)cc1. The van der Waals surface area contributed by atoms with Crippen LogP contribution in [-0.4, -0.2) is 22.5 Å². The summed E-state index contributed by atoms with van der Waals surface area (Å²) in [4.78, 5) is 12.0. The number of hydrogen-bond donors (Lipinski definition) is 1. The van der Waals surface area contributed by atoms with Crippen LogP contribution in [0.4, 0.5) is 0 Å². The van der Waals surface area contributed by atoms with Crippen molar-refractivity contribution in [3.05, 3.63) is 59.5 Å². The second-order valence-corrected chi connectivity index (χ2v) is 6.33. The van der Waals surface area contributed by atoms with Crippen molar-refractivity contribution in [1.82, 2.24) is 5.32 Å². The van der Waals surface area contributed by atoms with Gasteiger partial charge in [-0.15, -0.1) is 5.10 Å². The summed E-state index contributed by atoms with van der Waals surface area (Å²) in [7, 11) is 0. The second-order valence-electron chi connectivity index (χ2n) is 5.14. The summed E-state index contributed by atoms with van der Waals surface area (Å²) in [5.41, 5.74) is 2.45. The number of carbonyl (C=O) groups excluding carboxylic acids is 1. The van der Waals surface area contributed by atoms with Gasteiger partial charge in [-0.1, -0.05) is 43.0 Å². The first-order valence-corrected chi connectivity index (χ1v) is 8.32. The molecule has 6 heteroatoms. The van der Waals surface area contributed by atoms with Crippen LogP contribution in [0, 0.1) is 0 Å². The summed E-state index contributed by atoms with van der Waals surface area (Å²) >= 11 is 1.41. The molecule has 0 spiro atoms. The van der Waals surface area contributed by atoms with Gasteiger partial charge >= 0.3 is 0 Å². The molecule has 1 aromatic carbocycles. The third-order valence-electron chi connectivity index (χ3n) is 3.51. The molecule has 1 atom stereocenters. The van der Waals surface area contributed by atoms with Crippen molar-refractivity contribution in [2.45, 2.75) is 25.0 Å². The Hall–Kier alpha value is -2.34. The molecule has 5 nitrogen and oxygen atoms in total. The highest BCUT2D eigenvalue weighted by molar-refractivity contribution is 8.15. The summed E-state index contributed by atoms with van der Waals surface area (Å²) in [6, 6.07) is 11.9. The van der Waals surface area contributed by atoms with Crippen molar-refractivity contribution < 1.29 is 9.21 Å². The minimum Gasteiger partial charge on any atom is -0.463 e. The van der Waals surface area contributed by atoms with E-state index in [2.05, 4.69) is 46.7 Å². The number of rotatable bonds is 5. The van der Waals surface area contributed by atoms with E-state index in [0.29, 0.717) is 17.3 Å². The van der Waals surface area contributed by atoms with Crippen LogP contribution in [0.15, 0.2) is 57.3 Å². The van der Waals surface area contributed by atoms with E-state index in [1.54, 1.807) is 18.4 Å². The van der Waals surface area contributed by atoms with Crippen molar-refractivity contribution in [2.75, 3.05) is 0 Å². The van der Waals surface area contributed by atoms with Gasteiger partial charge in [-0.05, 0) is 36.1 Å². The maximum absolute atomic E-state index is 12.0. The van der Waals surface area contributed by atoms with E-state index < -0.39 is 0 Å². The molecule has 1 N–H and O–H groups in total. The zero-order chi connectivity index (χ0) is 16.1. The number of thioether (sulfide) groups is 1. The highest BCUT2D eigenvalue weighted by Gasteiger charge is 2.30. The molecule has 2 heterocycles. The van der Waals surface area contributed by atoms with Crippen molar-refractivity contribution in [3.8, 4) is 0 Å². The quantitative estimate of drug-likeness (QED) is 0.678. The summed E-state index contributed by atoms with van der Waals surface area (Å²) in [6.07, 6.45) is 4.78. The predicted molar refractivity (Wildman–Crippen MR) is 92.8 cm³/mol. The number of aryl methyl sites for hydroxylation is 1. The molecule has 0 aliphatic carbocycles. The van der Waals surface area contributed by atoms with Crippen LogP contribution in [0.5, 0.6) is 0 Å². The third kappa shape index (κ3) is 4.10. The molecule has 1 fully saturated rings. The van der Waals surface area contributed by atoms with Gasteiger partial charge in [0, 0.05) is 0 Å². The molecule has 1 amide bonds. The number of carbonyl (C=O) groups is 1. The fourth-order valence-electron chi connectivity index (χ4n) is 2.21. The lowest BCUT2D eigenvalue weighted by Crippen LogP contribution is -2.25. The Kier molecular flexibility index (Phi) is 4.92. The lowest BCUT2D eigenvalue weighted by atomic mass is 10.1. The lowest BCUT2D eigenvalue weighted by molar-refractivity contribution is -0.118. The highest BCUT2D eigenvalue weighted by atomic mass is 32.2. The second kappa shape index (κ2) is 7.28. The van der Waals surface area contributed by atoms with Crippen LogP contribution in [0.3, 0.4) is 0 Å². The van der Waals surface area contributed by atoms with Crippen LogP contribution in [-0.2, 0) is 17.6 Å². The van der Waals surface area contributed by atoms with Crippen molar-refractivity contribution in [1.29, 1.82) is 0 Å². The van der Waals surface area contributed by atoms with E-state index >= 15 is 0 Å². The van der Waals surface area contributed by atoms with Gasteiger partial charge in [-0.25, -0.2) is 0 Å². The summed E-state index contributed by atoms with van der Waals surface area (Å²) < 4.78 is 5.13. The maximum Gasteiger partial charge on any atom is 0.239 e. The molecule has 23 heavy (non-hydrogen) atoms. The zero-order valence-corrected chi connectivity index (χ0v) is 13.5. The fourth-order valence-corrected chi connectivity index (χ4v) is 3.18. The first-order chi connectivity index (χ1) is 11.2. The Labute approximate surface area is 138 Å². The monoisotopic (exact) mass is 327 g/mol. The molecule has 3 rings (SSSR count). The summed E-state index contributed by atoms with van der Waals surface area (Å²) in [5.74, 6) is 0.595. The summed E-state index contributed by atoms with van der Waals surface area (Å²) in [5, 5.41) is 11.1. The standard InChI is InChI=1S/C17H17N3O2S/c1-2-12-5-7-13(8-6-12)10-15-16(21)19-17(23-15)20-18-11-14-4-3-9-22-14/h3-9,11,15H,2,10H2,1H3,(H,19,20,21). The highest BCUT2D eigenvalue weighted by Crippen LogP contribution is 2.23. The van der Waals surface area contributed by atoms with Gasteiger partial charge in [-0.3, -0.25) is 4.79 Å². The first-order valence-electron chi connectivity index (χ1n) is 7.44. The van der Waals surface area contributed by atoms with Crippen LogP contribution >= 0.6 is 11.8 Å². The van der Waals surface area contributed by atoms with Crippen LogP contribution in [0.1, 0.15) is 23.8 Å². The average molecular weight is 327 g/mol. The lowest BCUT2D eigenvalue weighted by Gasteiger charge is -2.06. The van der Waals surface area contributed by atoms with Crippen LogP contribution in [0.2, 0.25) is 0 Å². The Morgan fingerprint density at radius 3 is 2.74 bits per heavy atom. The normalized spacial score (nSPS) is 19.6. The Morgan fingerprint density at radius 2 is 2.04 bits per heavy atom. The third-order valence-corrected chi connectivity index (χ3v) is 4.58. The Morgan fingerprint density at radius 1 is 1.26 bits per heavy atom. The molecule has 1 aliphatic rings. The van der Waals surface area contributed by atoms with E-state index in [1.165, 1.54) is 23.5 Å². The number of hydrogen-bond acceptors (Lipinski definition) is 5. The predicted octanol–water partition coefficient (Wildman–Crippen LogP) is 3.01. The van der Waals surface area contributed by atoms with Crippen molar-refractivity contribution in [3.63, 3.8) is 0 Å². The minimum atomic E-state index is -0.167. The smallest absolute Gasteiger partial charge is 0.239 e. The van der Waals surface area contributed by atoms with Gasteiger partial charge in [0.25, 0.3) is 0 Å². The van der Waals surface area contributed by atoms with Gasteiger partial charge in [-0.2, -0.15) is 5.10 Å². The van der Waals surface area contributed by atoms with Gasteiger partial charge in [0.2, 0.25) is 5.91 Å². The van der Waals surface area contributed by atoms with E-state index in [4.69, 9.17) is 4.42 Å². The van der Waals surface area contributed by atoms with E-state index in [-0.39, 0.29) is 11.2 Å². The molecule has 0 saturated carbocycles. The number of nitrogens with zero attached hydrogens (tertiary/aromatic N) is 2. The van der Waals surface area contributed by atoms with E-state index in [0.717, 1.165) is 12.0 Å². The van der Waals surface area contributed by atoms with Crippen LogP contribution in [0.25, 0.3) is 0 Å². The molecule has 1 aromatic heterocycles. The fraction of sp³-hybridized carbons (Fsp3) is 0.235. The molecule has 1 saturated heterocycles. The largest absolute Gasteiger partial charge is 0.463 e. The Bertz CT molecular complexity index is 721. The Balaban J connectivity index is 1.60. The van der Waals surface area contributed by atoms with Gasteiger partial charge in [0.1, 0.15) is 5.76 Å². The number of furan rings is 1. The molecule has 0 radical (unpaired) electrons. The average Bonchev–Trinajstić information content (AvgIpc) is 3.19. The molecule has 1 aliphatic heterocycles. The summed E-state index contributed by atoms with van der Waals surface area (Å²) in [6.45, 7) is 2.13. The zero-order valence-electron chi connectivity index (χ0n) is 12.7. The number of amidine groups is 1. The molecule has 0 bridgehead atoms. The van der Waals surface area contributed by atoms with Gasteiger partial charge in [0.05, 0.1) is 17.7 Å². The molecular formula is C17H17N3O2S. The topological polar surface area (TPSA) is 67.0 Å². The van der Waals surface area contributed by atoms with Crippen molar-refractivity contribution >= 4 is 29.1 Å². The van der Waals surface area contributed by atoms with E-state index in [1.807, 2.05) is 0 Å².